The van der Waals surface area contributed by atoms with E-state index in [0.29, 0.717) is 29.4 Å². The molecule has 0 spiro atoms. The third kappa shape index (κ3) is 5.29. The second kappa shape index (κ2) is 9.71. The minimum Gasteiger partial charge on any atom is -0.497 e. The highest BCUT2D eigenvalue weighted by Crippen LogP contribution is 2.30. The van der Waals surface area contributed by atoms with Crippen molar-refractivity contribution >= 4 is 5.91 Å². The van der Waals surface area contributed by atoms with Gasteiger partial charge in [-0.25, -0.2) is 0 Å². The second-order valence-corrected chi connectivity index (χ2v) is 6.04. The van der Waals surface area contributed by atoms with Crippen LogP contribution in [0.1, 0.15) is 31.9 Å². The van der Waals surface area contributed by atoms with E-state index in [4.69, 9.17) is 18.9 Å². The maximum atomic E-state index is 12.7. The molecule has 6 nitrogen and oxygen atoms in total. The molecule has 0 saturated heterocycles. The Morgan fingerprint density at radius 1 is 0.963 bits per heavy atom. The molecule has 6 heteroatoms. The molecule has 1 N–H and O–H groups in total. The number of amides is 1. The maximum absolute atomic E-state index is 12.7. The SMILES string of the molecule is CC[C@H](Oc1cccc(OC)c1)C(=O)N[C@@H](C)c1ccc(OC)c(OC)c1. The van der Waals surface area contributed by atoms with Crippen molar-refractivity contribution < 1.29 is 23.7 Å². The molecule has 0 fully saturated rings. The first-order valence-corrected chi connectivity index (χ1v) is 8.85. The van der Waals surface area contributed by atoms with Crippen LogP contribution in [0.25, 0.3) is 0 Å². The molecule has 1 amide bonds. The van der Waals surface area contributed by atoms with Gasteiger partial charge in [0, 0.05) is 6.07 Å². The van der Waals surface area contributed by atoms with Crippen molar-refractivity contribution in [3.63, 3.8) is 0 Å². The number of hydrogen-bond acceptors (Lipinski definition) is 5. The van der Waals surface area contributed by atoms with E-state index in [1.54, 1.807) is 33.5 Å². The molecule has 0 aliphatic rings. The van der Waals surface area contributed by atoms with Crippen molar-refractivity contribution in [1.29, 1.82) is 0 Å². The van der Waals surface area contributed by atoms with Crippen LogP contribution in [0, 0.1) is 0 Å². The van der Waals surface area contributed by atoms with Crippen LogP contribution in [0.4, 0.5) is 0 Å². The Morgan fingerprint density at radius 2 is 1.67 bits per heavy atom. The lowest BCUT2D eigenvalue weighted by atomic mass is 10.1. The van der Waals surface area contributed by atoms with Gasteiger partial charge in [0.15, 0.2) is 17.6 Å². The zero-order chi connectivity index (χ0) is 19.8. The maximum Gasteiger partial charge on any atom is 0.261 e. The lowest BCUT2D eigenvalue weighted by molar-refractivity contribution is -0.128. The molecule has 0 radical (unpaired) electrons. The minimum absolute atomic E-state index is 0.178. The van der Waals surface area contributed by atoms with Gasteiger partial charge in [-0.1, -0.05) is 19.1 Å². The van der Waals surface area contributed by atoms with Crippen molar-refractivity contribution in [2.75, 3.05) is 21.3 Å². The van der Waals surface area contributed by atoms with Crippen LogP contribution in [0.2, 0.25) is 0 Å². The second-order valence-electron chi connectivity index (χ2n) is 6.04. The van der Waals surface area contributed by atoms with Gasteiger partial charge >= 0.3 is 0 Å². The van der Waals surface area contributed by atoms with Crippen LogP contribution < -0.4 is 24.3 Å². The fraction of sp³-hybridized carbons (Fsp3) is 0.381. The van der Waals surface area contributed by atoms with Gasteiger partial charge in [-0.15, -0.1) is 0 Å². The Kier molecular flexibility index (Phi) is 7.34. The summed E-state index contributed by atoms with van der Waals surface area (Å²) in [6.07, 6.45) is -0.0542. The van der Waals surface area contributed by atoms with Crippen molar-refractivity contribution in [1.82, 2.24) is 5.32 Å². The molecule has 0 heterocycles. The average molecular weight is 373 g/mol. The third-order valence-corrected chi connectivity index (χ3v) is 4.25. The summed E-state index contributed by atoms with van der Waals surface area (Å²) in [5.41, 5.74) is 0.914. The topological polar surface area (TPSA) is 66.0 Å². The van der Waals surface area contributed by atoms with Crippen LogP contribution in [-0.2, 0) is 4.79 Å². The van der Waals surface area contributed by atoms with Crippen molar-refractivity contribution in [2.45, 2.75) is 32.4 Å². The standard InChI is InChI=1S/C21H27NO5/c1-6-18(27-17-9-7-8-16(13-17)24-3)21(23)22-14(2)15-10-11-19(25-4)20(12-15)26-5/h7-14,18H,6H2,1-5H3,(H,22,23)/t14-,18-/m0/s1. The monoisotopic (exact) mass is 373 g/mol. The Labute approximate surface area is 160 Å². The quantitative estimate of drug-likeness (QED) is 0.725. The van der Waals surface area contributed by atoms with Gasteiger partial charge in [-0.2, -0.15) is 0 Å². The number of benzene rings is 2. The van der Waals surface area contributed by atoms with Crippen LogP contribution in [0.5, 0.6) is 23.0 Å². The molecule has 0 saturated carbocycles. The molecule has 146 valence electrons. The van der Waals surface area contributed by atoms with E-state index in [0.717, 1.165) is 5.56 Å². The first-order valence-electron chi connectivity index (χ1n) is 8.85. The number of carbonyl (C=O) groups is 1. The Bertz CT molecular complexity index is 762. The zero-order valence-corrected chi connectivity index (χ0v) is 16.4. The summed E-state index contributed by atoms with van der Waals surface area (Å²) in [7, 11) is 4.76. The minimum atomic E-state index is -0.597. The van der Waals surface area contributed by atoms with Crippen molar-refractivity contribution in [3.8, 4) is 23.0 Å². The predicted octanol–water partition coefficient (Wildman–Crippen LogP) is 3.75. The molecular weight excluding hydrogens is 346 g/mol. The van der Waals surface area contributed by atoms with E-state index < -0.39 is 6.10 Å². The van der Waals surface area contributed by atoms with Crippen molar-refractivity contribution in [2.24, 2.45) is 0 Å². The van der Waals surface area contributed by atoms with E-state index in [1.807, 2.05) is 44.2 Å². The molecule has 0 bridgehead atoms. The summed E-state index contributed by atoms with van der Waals surface area (Å²) in [5.74, 6) is 2.36. The van der Waals surface area contributed by atoms with E-state index in [1.165, 1.54) is 0 Å². The van der Waals surface area contributed by atoms with E-state index in [2.05, 4.69) is 5.32 Å². The van der Waals surface area contributed by atoms with Gasteiger partial charge in [-0.3, -0.25) is 4.79 Å². The third-order valence-electron chi connectivity index (χ3n) is 4.25. The summed E-state index contributed by atoms with van der Waals surface area (Å²) in [4.78, 5) is 12.7. The van der Waals surface area contributed by atoms with Crippen LogP contribution in [-0.4, -0.2) is 33.3 Å². The van der Waals surface area contributed by atoms with Crippen LogP contribution in [0.15, 0.2) is 42.5 Å². The summed E-state index contributed by atoms with van der Waals surface area (Å²) < 4.78 is 21.6. The molecule has 0 aliphatic carbocycles. The fourth-order valence-electron chi connectivity index (χ4n) is 2.67. The normalized spacial score (nSPS) is 12.6. The largest absolute Gasteiger partial charge is 0.497 e. The number of carbonyl (C=O) groups excluding carboxylic acids is 1. The first kappa shape index (κ1) is 20.4. The summed E-state index contributed by atoms with van der Waals surface area (Å²) >= 11 is 0. The number of methoxy groups -OCH3 is 3. The molecule has 2 atom stereocenters. The first-order chi connectivity index (χ1) is 13.0. The summed E-state index contributed by atoms with van der Waals surface area (Å²) in [6.45, 7) is 3.82. The molecule has 2 aromatic carbocycles. The van der Waals surface area contributed by atoms with Gasteiger partial charge < -0.3 is 24.3 Å². The average Bonchev–Trinajstić information content (AvgIpc) is 2.71. The Morgan fingerprint density at radius 3 is 2.30 bits per heavy atom. The highest BCUT2D eigenvalue weighted by molar-refractivity contribution is 5.81. The highest BCUT2D eigenvalue weighted by atomic mass is 16.5. The summed E-state index contributed by atoms with van der Waals surface area (Å²) in [6, 6.07) is 12.6. The number of nitrogens with one attached hydrogen (secondary N) is 1. The lowest BCUT2D eigenvalue weighted by Gasteiger charge is -2.21. The molecule has 27 heavy (non-hydrogen) atoms. The van der Waals surface area contributed by atoms with E-state index in [9.17, 15) is 4.79 Å². The van der Waals surface area contributed by atoms with E-state index in [-0.39, 0.29) is 11.9 Å². The van der Waals surface area contributed by atoms with Gasteiger partial charge in [-0.05, 0) is 43.2 Å². The predicted molar refractivity (Wildman–Crippen MR) is 104 cm³/mol. The number of hydrogen-bond donors (Lipinski definition) is 1. The van der Waals surface area contributed by atoms with Crippen LogP contribution >= 0.6 is 0 Å². The zero-order valence-electron chi connectivity index (χ0n) is 16.4. The molecular formula is C21H27NO5. The number of rotatable bonds is 9. The van der Waals surface area contributed by atoms with Gasteiger partial charge in [0.2, 0.25) is 0 Å². The van der Waals surface area contributed by atoms with E-state index >= 15 is 0 Å². The molecule has 0 aromatic heterocycles. The van der Waals surface area contributed by atoms with Crippen LogP contribution in [0.3, 0.4) is 0 Å². The summed E-state index contributed by atoms with van der Waals surface area (Å²) in [5, 5.41) is 2.99. The smallest absolute Gasteiger partial charge is 0.261 e. The molecule has 0 unspecified atom stereocenters. The van der Waals surface area contributed by atoms with Gasteiger partial charge in [0.05, 0.1) is 27.4 Å². The molecule has 2 rings (SSSR count). The lowest BCUT2D eigenvalue weighted by Crippen LogP contribution is -2.39. The Hall–Kier alpha value is -2.89. The highest BCUT2D eigenvalue weighted by Gasteiger charge is 2.21. The molecule has 0 aliphatic heterocycles. The van der Waals surface area contributed by atoms with Gasteiger partial charge in [0.1, 0.15) is 11.5 Å². The Balaban J connectivity index is 2.06. The van der Waals surface area contributed by atoms with Crippen molar-refractivity contribution in [3.05, 3.63) is 48.0 Å². The fourth-order valence-corrected chi connectivity index (χ4v) is 2.67. The number of ether oxygens (including phenoxy) is 4. The molecule has 2 aromatic rings. The van der Waals surface area contributed by atoms with Gasteiger partial charge in [0.25, 0.3) is 5.91 Å².